The van der Waals surface area contributed by atoms with Crippen LogP contribution in [0.25, 0.3) is 155 Å². The largest absolute Gasteiger partial charge is 0.313 e. The first-order chi connectivity index (χ1) is 52.1. The van der Waals surface area contributed by atoms with Crippen molar-refractivity contribution < 1.29 is 0 Å². The summed E-state index contributed by atoms with van der Waals surface area (Å²) in [6.45, 7) is 9.59. The molecule has 0 unspecified atom stereocenters. The van der Waals surface area contributed by atoms with Crippen LogP contribution in [0.1, 0.15) is 90.6 Å². The van der Waals surface area contributed by atoms with Crippen molar-refractivity contribution in [1.82, 2.24) is 13.7 Å². The van der Waals surface area contributed by atoms with E-state index in [1.807, 2.05) is 0 Å². The molecule has 0 radical (unpaired) electrons. The molecule has 4 aliphatic carbocycles. The Bertz CT molecular complexity index is 6800. The number of hydrogen-bond donors (Lipinski definition) is 0. The number of benzene rings is 15. The fourth-order valence-corrected chi connectivity index (χ4v) is 19.8. The topological polar surface area (TPSA) is 14.8 Å². The lowest BCUT2D eigenvalue weighted by atomic mass is 9.67. The predicted octanol–water partition coefficient (Wildman–Crippen LogP) is 26.7. The summed E-state index contributed by atoms with van der Waals surface area (Å²) in [6.07, 6.45) is 6.81. The van der Waals surface area contributed by atoms with Crippen molar-refractivity contribution >= 4 is 76.7 Å². The fourth-order valence-electron chi connectivity index (χ4n) is 19.8. The number of fused-ring (bicyclic) bond motifs is 18. The van der Waals surface area contributed by atoms with Crippen LogP contribution in [0.2, 0.25) is 0 Å². The normalized spacial score (nSPS) is 14.9. The van der Waals surface area contributed by atoms with Crippen LogP contribution >= 0.6 is 0 Å². The number of allylic oxidation sites excluding steroid dienone is 4. The van der Waals surface area contributed by atoms with Gasteiger partial charge in [0.2, 0.25) is 0 Å². The molecule has 0 aliphatic heterocycles. The summed E-state index contributed by atoms with van der Waals surface area (Å²) >= 11 is 0. The number of rotatable bonds is 9. The first kappa shape index (κ1) is 60.7. The zero-order chi connectivity index (χ0) is 70.3. The minimum atomic E-state index is -0.510. The molecule has 4 aliphatic rings. The smallest absolute Gasteiger partial charge is 0.0713 e. The number of hydrogen-bond acceptors (Lipinski definition) is 0. The third-order valence-electron chi connectivity index (χ3n) is 24.7. The monoisotopic (exact) mass is 1350 g/mol. The molecule has 0 N–H and O–H groups in total. The molecule has 22 rings (SSSR count). The van der Waals surface area contributed by atoms with Gasteiger partial charge in [-0.05, 0) is 232 Å². The van der Waals surface area contributed by atoms with Gasteiger partial charge in [-0.25, -0.2) is 0 Å². The van der Waals surface area contributed by atoms with E-state index in [0.29, 0.717) is 0 Å². The zero-order valence-electron chi connectivity index (χ0n) is 59.7. The highest BCUT2D eigenvalue weighted by Gasteiger charge is 2.47. The van der Waals surface area contributed by atoms with Crippen molar-refractivity contribution in [2.75, 3.05) is 0 Å². The molecule has 106 heavy (non-hydrogen) atoms. The van der Waals surface area contributed by atoms with Crippen molar-refractivity contribution in [2.45, 2.75) is 56.8 Å². The number of nitrogens with zero attached hydrogens (tertiary/aromatic N) is 3. The molecular weight excluding hydrogens is 1280 g/mol. The molecule has 3 heterocycles. The zero-order valence-corrected chi connectivity index (χ0v) is 59.7. The summed E-state index contributed by atoms with van der Waals surface area (Å²) in [5.41, 5.74) is 38.3. The van der Waals surface area contributed by atoms with E-state index in [-0.39, 0.29) is 10.8 Å². The Labute approximate surface area is 617 Å². The van der Waals surface area contributed by atoms with Crippen LogP contribution in [0, 0.1) is 0 Å². The molecule has 0 fully saturated rings. The van der Waals surface area contributed by atoms with Gasteiger partial charge >= 0.3 is 0 Å². The van der Waals surface area contributed by atoms with Crippen molar-refractivity contribution in [2.24, 2.45) is 0 Å². The van der Waals surface area contributed by atoms with E-state index in [0.717, 1.165) is 29.7 Å². The van der Waals surface area contributed by atoms with Gasteiger partial charge in [0.15, 0.2) is 0 Å². The van der Waals surface area contributed by atoms with Gasteiger partial charge in [-0.3, -0.25) is 0 Å². The van der Waals surface area contributed by atoms with Crippen molar-refractivity contribution in [3.8, 4) is 78.1 Å². The molecule has 0 amide bonds. The molecule has 3 nitrogen and oxygen atoms in total. The van der Waals surface area contributed by atoms with Gasteiger partial charge < -0.3 is 13.7 Å². The van der Waals surface area contributed by atoms with Crippen LogP contribution in [-0.2, 0) is 16.2 Å². The highest BCUT2D eigenvalue weighted by atomic mass is 15.0. The highest BCUT2D eigenvalue weighted by molar-refractivity contribution is 6.16. The van der Waals surface area contributed by atoms with E-state index in [1.165, 1.54) is 188 Å². The molecule has 500 valence electrons. The lowest BCUT2D eigenvalue weighted by molar-refractivity contribution is 0.661. The van der Waals surface area contributed by atoms with Crippen LogP contribution in [-0.4, -0.2) is 13.7 Å². The van der Waals surface area contributed by atoms with Gasteiger partial charge in [-0.15, -0.1) is 0 Å². The minimum absolute atomic E-state index is 0.113. The van der Waals surface area contributed by atoms with Crippen LogP contribution in [0.4, 0.5) is 0 Å². The van der Waals surface area contributed by atoms with E-state index in [4.69, 9.17) is 0 Å². The Balaban J connectivity index is 0.663. The quantitative estimate of drug-likeness (QED) is 0.137. The maximum absolute atomic E-state index is 2.62. The summed E-state index contributed by atoms with van der Waals surface area (Å²) in [5.74, 6) is 0. The second-order valence-corrected chi connectivity index (χ2v) is 31.0. The van der Waals surface area contributed by atoms with E-state index < -0.39 is 5.41 Å². The summed E-state index contributed by atoms with van der Waals surface area (Å²) in [5, 5.41) is 7.57. The van der Waals surface area contributed by atoms with Crippen molar-refractivity contribution in [3.63, 3.8) is 0 Å². The molecular formula is C103H73N3. The number of aromatic nitrogens is 3. The summed E-state index contributed by atoms with van der Waals surface area (Å²) in [4.78, 5) is 0. The Morgan fingerprint density at radius 2 is 0.679 bits per heavy atom. The Hall–Kier alpha value is -12.8. The third-order valence-corrected chi connectivity index (χ3v) is 24.7. The lowest BCUT2D eigenvalue weighted by Gasteiger charge is -2.34. The second kappa shape index (κ2) is 22.6. The standard InChI is InChI=1S/C103H73N3/c1-101(2)89-41-19-14-36-77(89)82-58-86-80-39-17-22-44-95(80)104(99(86)62-92(82)101)74-34-24-28-67(53-74)68-29-25-35-75(54-68)105-97-51-50-69(57-85(97)87-59-83-78-37-15-20-42-90(78)102(3,4)93(83)63-100(87)105)65-46-48-66(49-47-65)71-52-70(64-26-8-5-9-27-64)55-76(56-71)106-96-45-23-18-40-81(96)88-60-94-84(61-98(88)106)79-38-16-21-43-91(79)103(94,72-30-10-6-11-31-72)73-32-12-7-13-33-73/h5-24,26-34,36-63H,25,35H2,1-4H3. The molecule has 0 saturated carbocycles. The van der Waals surface area contributed by atoms with E-state index in [2.05, 4.69) is 387 Å². The van der Waals surface area contributed by atoms with Crippen LogP contribution in [0.3, 0.4) is 0 Å². The summed E-state index contributed by atoms with van der Waals surface area (Å²) in [6, 6.07) is 127. The molecule has 3 heteroatoms. The van der Waals surface area contributed by atoms with Gasteiger partial charge in [-0.2, -0.15) is 0 Å². The molecule has 18 aromatic rings. The molecule has 3 aromatic heterocycles. The lowest BCUT2D eigenvalue weighted by Crippen LogP contribution is -2.28. The Morgan fingerprint density at radius 1 is 0.245 bits per heavy atom. The summed E-state index contributed by atoms with van der Waals surface area (Å²) < 4.78 is 7.65. The SMILES string of the molecule is CC1(C)c2ccccc2-c2cc3c4cc(-c5ccc(-c6cc(-c7ccccc7)cc(-n7c8ccccc8c8cc9c(cc87)-c7ccccc7C9(c7ccccc7)c7ccccc7)c6)cc5)ccc4n(C4=CC(c5cccc(-n6c7ccccc7c7cc8c(cc76)C(C)(C)c6ccccc6-8)c5)=CCC4)c3cc21. The Morgan fingerprint density at radius 3 is 1.30 bits per heavy atom. The summed E-state index contributed by atoms with van der Waals surface area (Å²) in [7, 11) is 0. The second-order valence-electron chi connectivity index (χ2n) is 31.0. The van der Waals surface area contributed by atoms with Gasteiger partial charge in [-0.1, -0.05) is 276 Å². The van der Waals surface area contributed by atoms with Gasteiger partial charge in [0.05, 0.1) is 38.5 Å². The van der Waals surface area contributed by atoms with E-state index in [1.54, 1.807) is 0 Å². The van der Waals surface area contributed by atoms with E-state index >= 15 is 0 Å². The van der Waals surface area contributed by atoms with Gasteiger partial charge in [0.1, 0.15) is 0 Å². The third kappa shape index (κ3) is 8.63. The molecule has 15 aromatic carbocycles. The molecule has 0 spiro atoms. The van der Waals surface area contributed by atoms with Crippen molar-refractivity contribution in [1.29, 1.82) is 0 Å². The van der Waals surface area contributed by atoms with Crippen LogP contribution in [0.15, 0.2) is 346 Å². The molecule has 0 bridgehead atoms. The minimum Gasteiger partial charge on any atom is -0.313 e. The highest BCUT2D eigenvalue weighted by Crippen LogP contribution is 2.59. The van der Waals surface area contributed by atoms with Gasteiger partial charge in [0.25, 0.3) is 0 Å². The van der Waals surface area contributed by atoms with E-state index in [9.17, 15) is 0 Å². The number of para-hydroxylation sites is 2. The fraction of sp³-hybridized carbons (Fsp3) is 0.0874. The van der Waals surface area contributed by atoms with Crippen molar-refractivity contribution in [3.05, 3.63) is 396 Å². The Kier molecular flexibility index (Phi) is 12.9. The predicted molar refractivity (Wildman–Crippen MR) is 445 cm³/mol. The average molecular weight is 1350 g/mol. The maximum Gasteiger partial charge on any atom is 0.0713 e. The molecule has 0 saturated heterocycles. The maximum atomic E-state index is 2.62. The first-order valence-corrected chi connectivity index (χ1v) is 37.6. The van der Waals surface area contributed by atoms with Crippen LogP contribution in [0.5, 0.6) is 0 Å². The molecule has 0 atom stereocenters. The first-order valence-electron chi connectivity index (χ1n) is 37.6. The van der Waals surface area contributed by atoms with Crippen LogP contribution < -0.4 is 0 Å². The van der Waals surface area contributed by atoms with Gasteiger partial charge in [0, 0.05) is 60.2 Å². The average Bonchev–Trinajstić information content (AvgIpc) is 1.53.